The summed E-state index contributed by atoms with van der Waals surface area (Å²) in [6, 6.07) is 3.37. The normalized spacial score (nSPS) is 16.1. The van der Waals surface area contributed by atoms with Gasteiger partial charge < -0.3 is 14.8 Å². The Morgan fingerprint density at radius 2 is 1.77 bits per heavy atom. The number of carbonyl (C=O) groups is 1. The molecule has 0 spiro atoms. The summed E-state index contributed by atoms with van der Waals surface area (Å²) >= 11 is 0. The Morgan fingerprint density at radius 1 is 1.13 bits per heavy atom. The summed E-state index contributed by atoms with van der Waals surface area (Å²) in [6.45, 7) is 8.29. The standard InChI is InChI=1S/C22H34N2O5S/c1-7-10-11-16(8-2)14-23-22(25)21-15(4)17-12-19(28-5)20(29-6)13-18(17)24(9-3)30(21,26)27/h12-13,16H,7-11,14H2,1-6H3,(H,23,25)/t16-/m1/s1. The van der Waals surface area contributed by atoms with Gasteiger partial charge in [0.1, 0.15) is 0 Å². The van der Waals surface area contributed by atoms with E-state index in [1.807, 2.05) is 0 Å². The summed E-state index contributed by atoms with van der Waals surface area (Å²) in [5.41, 5.74) is 1.54. The van der Waals surface area contributed by atoms with Crippen LogP contribution in [0.25, 0.3) is 5.57 Å². The van der Waals surface area contributed by atoms with E-state index in [4.69, 9.17) is 9.47 Å². The highest BCUT2D eigenvalue weighted by Gasteiger charge is 2.39. The predicted molar refractivity (Wildman–Crippen MR) is 120 cm³/mol. The topological polar surface area (TPSA) is 84.9 Å². The molecule has 0 saturated carbocycles. The molecule has 0 radical (unpaired) electrons. The minimum Gasteiger partial charge on any atom is -0.493 e. The fourth-order valence-corrected chi connectivity index (χ4v) is 5.59. The molecular formula is C22H34N2O5S. The van der Waals surface area contributed by atoms with Gasteiger partial charge >= 0.3 is 0 Å². The lowest BCUT2D eigenvalue weighted by atomic mass is 9.99. The maximum Gasteiger partial charge on any atom is 0.270 e. The van der Waals surface area contributed by atoms with Crippen LogP contribution in [-0.2, 0) is 14.8 Å². The lowest BCUT2D eigenvalue weighted by Gasteiger charge is -2.32. The molecule has 0 bridgehead atoms. The van der Waals surface area contributed by atoms with Crippen LogP contribution in [0.4, 0.5) is 5.69 Å². The largest absolute Gasteiger partial charge is 0.493 e. The third-order valence-electron chi connectivity index (χ3n) is 5.65. The van der Waals surface area contributed by atoms with Gasteiger partial charge in [-0.05, 0) is 37.8 Å². The van der Waals surface area contributed by atoms with Crippen molar-refractivity contribution >= 4 is 27.2 Å². The molecule has 0 aliphatic carbocycles. The number of anilines is 1. The second kappa shape index (κ2) is 10.2. The van der Waals surface area contributed by atoms with Crippen molar-refractivity contribution < 1.29 is 22.7 Å². The fraction of sp³-hybridized carbons (Fsp3) is 0.591. The Morgan fingerprint density at radius 3 is 2.30 bits per heavy atom. The van der Waals surface area contributed by atoms with Gasteiger partial charge in [-0.2, -0.15) is 0 Å². The highest BCUT2D eigenvalue weighted by atomic mass is 32.2. The summed E-state index contributed by atoms with van der Waals surface area (Å²) in [5, 5.41) is 2.87. The average molecular weight is 439 g/mol. The average Bonchev–Trinajstić information content (AvgIpc) is 2.72. The van der Waals surface area contributed by atoms with E-state index in [-0.39, 0.29) is 11.4 Å². The van der Waals surface area contributed by atoms with Gasteiger partial charge in [-0.15, -0.1) is 0 Å². The molecular weight excluding hydrogens is 404 g/mol. The molecule has 1 N–H and O–H groups in total. The number of ether oxygens (including phenoxy) is 2. The van der Waals surface area contributed by atoms with Gasteiger partial charge in [-0.3, -0.25) is 9.10 Å². The first-order valence-corrected chi connectivity index (χ1v) is 12.0. The van der Waals surface area contributed by atoms with Crippen molar-refractivity contribution in [3.63, 3.8) is 0 Å². The zero-order chi connectivity index (χ0) is 22.5. The second-order valence-electron chi connectivity index (χ2n) is 7.47. The van der Waals surface area contributed by atoms with Gasteiger partial charge in [-0.1, -0.05) is 33.1 Å². The van der Waals surface area contributed by atoms with E-state index in [0.29, 0.717) is 40.8 Å². The molecule has 0 saturated heterocycles. The number of amides is 1. The first-order chi connectivity index (χ1) is 14.3. The van der Waals surface area contributed by atoms with Crippen LogP contribution in [0.2, 0.25) is 0 Å². The molecule has 1 heterocycles. The third-order valence-corrected chi connectivity index (χ3v) is 7.69. The van der Waals surface area contributed by atoms with E-state index in [1.165, 1.54) is 18.5 Å². The van der Waals surface area contributed by atoms with E-state index in [1.54, 1.807) is 26.0 Å². The van der Waals surface area contributed by atoms with E-state index in [0.717, 1.165) is 25.7 Å². The zero-order valence-electron chi connectivity index (χ0n) is 18.9. The second-order valence-corrected chi connectivity index (χ2v) is 9.27. The highest BCUT2D eigenvalue weighted by molar-refractivity contribution is 7.97. The van der Waals surface area contributed by atoms with Crippen LogP contribution in [0.15, 0.2) is 17.0 Å². The van der Waals surface area contributed by atoms with Crippen LogP contribution in [0, 0.1) is 5.92 Å². The van der Waals surface area contributed by atoms with Gasteiger partial charge in [0, 0.05) is 24.7 Å². The fourth-order valence-electron chi connectivity index (χ4n) is 3.82. The summed E-state index contributed by atoms with van der Waals surface area (Å²) in [7, 11) is -0.963. The Labute approximate surface area is 180 Å². The Bertz CT molecular complexity index is 908. The number of allylic oxidation sites excluding steroid dienone is 1. The van der Waals surface area contributed by atoms with Crippen molar-refractivity contribution in [2.45, 2.75) is 53.4 Å². The summed E-state index contributed by atoms with van der Waals surface area (Å²) in [5.74, 6) is 0.699. The highest BCUT2D eigenvalue weighted by Crippen LogP contribution is 2.44. The monoisotopic (exact) mass is 438 g/mol. The van der Waals surface area contributed by atoms with Crippen LogP contribution in [0.1, 0.15) is 58.9 Å². The molecule has 8 heteroatoms. The number of carbonyl (C=O) groups excluding carboxylic acids is 1. The van der Waals surface area contributed by atoms with Crippen molar-refractivity contribution in [2.24, 2.45) is 5.92 Å². The molecule has 1 amide bonds. The summed E-state index contributed by atoms with van der Waals surface area (Å²) in [6.07, 6.45) is 4.13. The van der Waals surface area contributed by atoms with Gasteiger partial charge in [0.2, 0.25) is 0 Å². The number of unbranched alkanes of at least 4 members (excludes halogenated alkanes) is 1. The number of sulfonamides is 1. The van der Waals surface area contributed by atoms with Gasteiger partial charge in [0.25, 0.3) is 15.9 Å². The van der Waals surface area contributed by atoms with E-state index in [2.05, 4.69) is 19.2 Å². The lowest BCUT2D eigenvalue weighted by molar-refractivity contribution is -0.117. The molecule has 1 aromatic rings. The van der Waals surface area contributed by atoms with Crippen molar-refractivity contribution in [1.29, 1.82) is 0 Å². The summed E-state index contributed by atoms with van der Waals surface area (Å²) in [4.78, 5) is 12.8. The van der Waals surface area contributed by atoms with Gasteiger partial charge in [0.05, 0.1) is 19.9 Å². The third kappa shape index (κ3) is 4.58. The van der Waals surface area contributed by atoms with E-state index < -0.39 is 15.9 Å². The Hall–Kier alpha value is -2.22. The first-order valence-electron chi connectivity index (χ1n) is 10.5. The maximum absolute atomic E-state index is 13.3. The van der Waals surface area contributed by atoms with Crippen LogP contribution in [-0.4, -0.2) is 41.6 Å². The molecule has 0 fully saturated rings. The van der Waals surface area contributed by atoms with Crippen LogP contribution in [0.3, 0.4) is 0 Å². The van der Waals surface area contributed by atoms with E-state index in [9.17, 15) is 13.2 Å². The minimum absolute atomic E-state index is 0.197. The molecule has 1 aliphatic heterocycles. The van der Waals surface area contributed by atoms with Gasteiger partial charge in [-0.25, -0.2) is 8.42 Å². The van der Waals surface area contributed by atoms with Crippen molar-refractivity contribution in [3.05, 3.63) is 22.6 Å². The number of nitrogens with zero attached hydrogens (tertiary/aromatic N) is 1. The van der Waals surface area contributed by atoms with Crippen LogP contribution < -0.4 is 19.1 Å². The number of hydrogen-bond donors (Lipinski definition) is 1. The molecule has 1 aromatic carbocycles. The molecule has 168 valence electrons. The number of rotatable bonds is 10. The zero-order valence-corrected chi connectivity index (χ0v) is 19.7. The van der Waals surface area contributed by atoms with Crippen molar-refractivity contribution in [2.75, 3.05) is 31.6 Å². The maximum atomic E-state index is 13.3. The summed E-state index contributed by atoms with van der Waals surface area (Å²) < 4.78 is 38.6. The van der Waals surface area contributed by atoms with Crippen LogP contribution in [0.5, 0.6) is 11.5 Å². The van der Waals surface area contributed by atoms with Crippen molar-refractivity contribution in [3.8, 4) is 11.5 Å². The lowest BCUT2D eigenvalue weighted by Crippen LogP contribution is -2.42. The molecule has 1 aliphatic rings. The van der Waals surface area contributed by atoms with Crippen molar-refractivity contribution in [1.82, 2.24) is 5.32 Å². The minimum atomic E-state index is -3.99. The molecule has 30 heavy (non-hydrogen) atoms. The Kier molecular flexibility index (Phi) is 8.18. The predicted octanol–water partition coefficient (Wildman–Crippen LogP) is 3.94. The van der Waals surface area contributed by atoms with Gasteiger partial charge in [0.15, 0.2) is 16.4 Å². The van der Waals surface area contributed by atoms with E-state index >= 15 is 0 Å². The number of nitrogens with one attached hydrogen (secondary N) is 1. The molecule has 0 aromatic heterocycles. The number of fused-ring (bicyclic) bond motifs is 1. The van der Waals surface area contributed by atoms with Crippen LogP contribution >= 0.6 is 0 Å². The smallest absolute Gasteiger partial charge is 0.270 e. The SMILES string of the molecule is CCCC[C@@H](CC)CNC(=O)C1=C(C)c2cc(OC)c(OC)cc2N(CC)S1(=O)=O. The number of benzene rings is 1. The molecule has 1 atom stereocenters. The Balaban J connectivity index is 2.49. The molecule has 0 unspecified atom stereocenters. The number of hydrogen-bond acceptors (Lipinski definition) is 5. The first kappa shape index (κ1) is 24.1. The quantitative estimate of drug-likeness (QED) is 0.598. The molecule has 2 rings (SSSR count). The number of methoxy groups -OCH3 is 2. The molecule has 7 nitrogen and oxygen atoms in total.